The summed E-state index contributed by atoms with van der Waals surface area (Å²) >= 11 is 0. The topological polar surface area (TPSA) is 3.24 Å². The standard InChI is InChI=1S/C56H41N/c1-55(2)49-26-14-13-25-48(49)54-52(55)37-39-17-9-10-22-45(39)53(54)38-29-33-43(34-30-38)57(42-20-7-4-8-21-42)44-35-31-41(32-36-44)56(40-18-5-3-6-19-40)50-27-15-11-23-46(50)47-24-12-16-28-51(47)56/h3-37H,1-2H3. The molecule has 0 bridgehead atoms. The summed E-state index contributed by atoms with van der Waals surface area (Å²) < 4.78 is 0. The molecule has 0 radical (unpaired) electrons. The van der Waals surface area contributed by atoms with E-state index in [1.807, 2.05) is 0 Å². The molecular weight excluding hydrogens is 687 g/mol. The van der Waals surface area contributed by atoms with E-state index in [0.29, 0.717) is 0 Å². The summed E-state index contributed by atoms with van der Waals surface area (Å²) in [5, 5.41) is 2.57. The van der Waals surface area contributed by atoms with Crippen molar-refractivity contribution in [1.82, 2.24) is 0 Å². The lowest BCUT2D eigenvalue weighted by molar-refractivity contribution is 0.661. The van der Waals surface area contributed by atoms with Crippen LogP contribution in [0.4, 0.5) is 17.1 Å². The first-order valence-electron chi connectivity index (χ1n) is 20.0. The molecule has 0 amide bonds. The van der Waals surface area contributed by atoms with Crippen LogP contribution in [0, 0.1) is 0 Å². The van der Waals surface area contributed by atoms with Crippen molar-refractivity contribution >= 4 is 27.8 Å². The molecule has 9 aromatic rings. The summed E-state index contributed by atoms with van der Waals surface area (Å²) in [6, 6.07) is 78.5. The van der Waals surface area contributed by atoms with Gasteiger partial charge in [0.1, 0.15) is 0 Å². The SMILES string of the molecule is CC1(C)c2ccccc2-c2c1cc1ccccc1c2-c1ccc(N(c2ccccc2)c2ccc(C3(c4ccccc4)c4ccccc4-c4ccccc43)cc2)cc1. The second-order valence-corrected chi connectivity index (χ2v) is 16.0. The fourth-order valence-corrected chi connectivity index (χ4v) is 10.2. The number of rotatable bonds is 6. The van der Waals surface area contributed by atoms with Gasteiger partial charge < -0.3 is 4.90 Å². The van der Waals surface area contributed by atoms with Gasteiger partial charge in [-0.05, 0) is 120 Å². The molecule has 2 aliphatic rings. The van der Waals surface area contributed by atoms with E-state index in [1.54, 1.807) is 0 Å². The van der Waals surface area contributed by atoms with E-state index in [4.69, 9.17) is 0 Å². The molecule has 0 atom stereocenters. The van der Waals surface area contributed by atoms with Crippen molar-refractivity contribution in [3.8, 4) is 33.4 Å². The third-order valence-electron chi connectivity index (χ3n) is 12.7. The minimum absolute atomic E-state index is 0.0807. The number of fused-ring (bicyclic) bond motifs is 7. The number of hydrogen-bond acceptors (Lipinski definition) is 1. The van der Waals surface area contributed by atoms with Crippen LogP contribution in [0.2, 0.25) is 0 Å². The fourth-order valence-electron chi connectivity index (χ4n) is 10.2. The maximum Gasteiger partial charge on any atom is 0.0713 e. The normalized spacial score (nSPS) is 14.1. The number of hydrogen-bond donors (Lipinski definition) is 0. The van der Waals surface area contributed by atoms with Gasteiger partial charge in [-0.2, -0.15) is 0 Å². The lowest BCUT2D eigenvalue weighted by Gasteiger charge is -2.34. The van der Waals surface area contributed by atoms with Crippen LogP contribution in [0.15, 0.2) is 212 Å². The van der Waals surface area contributed by atoms with E-state index in [2.05, 4.69) is 231 Å². The molecule has 9 aromatic carbocycles. The predicted molar refractivity (Wildman–Crippen MR) is 239 cm³/mol. The van der Waals surface area contributed by atoms with Crippen LogP contribution < -0.4 is 4.90 Å². The zero-order valence-corrected chi connectivity index (χ0v) is 32.2. The molecule has 270 valence electrons. The first kappa shape index (κ1) is 33.4. The van der Waals surface area contributed by atoms with Crippen LogP contribution in [0.5, 0.6) is 0 Å². The van der Waals surface area contributed by atoms with Gasteiger partial charge in [-0.15, -0.1) is 0 Å². The Morgan fingerprint density at radius 3 is 1.47 bits per heavy atom. The summed E-state index contributed by atoms with van der Waals surface area (Å²) in [7, 11) is 0. The minimum atomic E-state index is -0.432. The first-order valence-corrected chi connectivity index (χ1v) is 20.0. The highest BCUT2D eigenvalue weighted by atomic mass is 15.1. The Hall–Kier alpha value is -6.96. The fraction of sp³-hybridized carbons (Fsp3) is 0.0714. The van der Waals surface area contributed by atoms with E-state index >= 15 is 0 Å². The molecule has 0 aromatic heterocycles. The van der Waals surface area contributed by atoms with Crippen LogP contribution in [-0.2, 0) is 10.8 Å². The summed E-state index contributed by atoms with van der Waals surface area (Å²) in [6.07, 6.45) is 0. The van der Waals surface area contributed by atoms with Crippen LogP contribution in [-0.4, -0.2) is 0 Å². The number of para-hydroxylation sites is 1. The van der Waals surface area contributed by atoms with E-state index in [0.717, 1.165) is 17.1 Å². The molecule has 0 N–H and O–H groups in total. The van der Waals surface area contributed by atoms with Crippen molar-refractivity contribution < 1.29 is 0 Å². The van der Waals surface area contributed by atoms with Gasteiger partial charge in [-0.1, -0.05) is 184 Å². The van der Waals surface area contributed by atoms with Crippen molar-refractivity contribution in [2.45, 2.75) is 24.7 Å². The van der Waals surface area contributed by atoms with Crippen LogP contribution >= 0.6 is 0 Å². The minimum Gasteiger partial charge on any atom is -0.311 e. The van der Waals surface area contributed by atoms with Crippen LogP contribution in [0.1, 0.15) is 47.2 Å². The molecule has 11 rings (SSSR count). The van der Waals surface area contributed by atoms with Gasteiger partial charge >= 0.3 is 0 Å². The summed E-state index contributed by atoms with van der Waals surface area (Å²) in [5.74, 6) is 0. The number of benzene rings is 9. The van der Waals surface area contributed by atoms with Gasteiger partial charge in [0.05, 0.1) is 5.41 Å². The Bertz CT molecular complexity index is 2910. The van der Waals surface area contributed by atoms with Gasteiger partial charge in [-0.25, -0.2) is 0 Å². The Labute approximate surface area is 335 Å². The zero-order valence-electron chi connectivity index (χ0n) is 32.2. The highest BCUT2D eigenvalue weighted by Crippen LogP contribution is 2.57. The molecule has 0 saturated heterocycles. The molecule has 1 nitrogen and oxygen atoms in total. The lowest BCUT2D eigenvalue weighted by Crippen LogP contribution is -2.28. The maximum atomic E-state index is 2.42. The summed E-state index contributed by atoms with van der Waals surface area (Å²) in [5.41, 5.74) is 18.7. The maximum absolute atomic E-state index is 2.42. The van der Waals surface area contributed by atoms with Gasteiger partial charge in [-0.3, -0.25) is 0 Å². The molecule has 0 aliphatic heterocycles. The Kier molecular flexibility index (Phi) is 7.50. The van der Waals surface area contributed by atoms with Crippen molar-refractivity contribution in [2.75, 3.05) is 4.90 Å². The van der Waals surface area contributed by atoms with Crippen molar-refractivity contribution in [1.29, 1.82) is 0 Å². The van der Waals surface area contributed by atoms with Gasteiger partial charge in [0.2, 0.25) is 0 Å². The van der Waals surface area contributed by atoms with E-state index in [9.17, 15) is 0 Å². The highest BCUT2D eigenvalue weighted by molar-refractivity contribution is 6.08. The monoisotopic (exact) mass is 727 g/mol. The van der Waals surface area contributed by atoms with Crippen LogP contribution in [0.3, 0.4) is 0 Å². The molecule has 0 unspecified atom stereocenters. The lowest BCUT2D eigenvalue weighted by atomic mass is 9.68. The van der Waals surface area contributed by atoms with E-state index in [-0.39, 0.29) is 5.41 Å². The predicted octanol–water partition coefficient (Wildman–Crippen LogP) is 14.6. The molecule has 2 aliphatic carbocycles. The number of anilines is 3. The Morgan fingerprint density at radius 1 is 0.351 bits per heavy atom. The first-order chi connectivity index (χ1) is 28.0. The van der Waals surface area contributed by atoms with E-state index < -0.39 is 5.41 Å². The highest BCUT2D eigenvalue weighted by Gasteiger charge is 2.46. The van der Waals surface area contributed by atoms with Crippen molar-refractivity contribution in [3.05, 3.63) is 246 Å². The average Bonchev–Trinajstić information content (AvgIpc) is 3.70. The van der Waals surface area contributed by atoms with Crippen LogP contribution in [0.25, 0.3) is 44.2 Å². The van der Waals surface area contributed by atoms with Gasteiger partial charge in [0, 0.05) is 22.5 Å². The Morgan fingerprint density at radius 2 is 0.825 bits per heavy atom. The molecule has 0 saturated carbocycles. The molecular formula is C56H41N. The zero-order chi connectivity index (χ0) is 38.1. The average molecular weight is 728 g/mol. The Balaban J connectivity index is 1.06. The van der Waals surface area contributed by atoms with Crippen molar-refractivity contribution in [3.63, 3.8) is 0 Å². The van der Waals surface area contributed by atoms with Crippen molar-refractivity contribution in [2.24, 2.45) is 0 Å². The number of nitrogens with zero attached hydrogens (tertiary/aromatic N) is 1. The summed E-state index contributed by atoms with van der Waals surface area (Å²) in [6.45, 7) is 4.74. The molecule has 0 fully saturated rings. The second-order valence-electron chi connectivity index (χ2n) is 16.0. The molecule has 0 heterocycles. The quantitative estimate of drug-likeness (QED) is 0.165. The second kappa shape index (κ2) is 12.8. The third kappa shape index (κ3) is 4.89. The van der Waals surface area contributed by atoms with E-state index in [1.165, 1.54) is 77.5 Å². The molecule has 57 heavy (non-hydrogen) atoms. The van der Waals surface area contributed by atoms with Gasteiger partial charge in [0.25, 0.3) is 0 Å². The summed E-state index contributed by atoms with van der Waals surface area (Å²) in [4.78, 5) is 2.38. The third-order valence-corrected chi connectivity index (χ3v) is 12.7. The largest absolute Gasteiger partial charge is 0.311 e. The molecule has 1 heteroatoms. The smallest absolute Gasteiger partial charge is 0.0713 e. The molecule has 0 spiro atoms. The van der Waals surface area contributed by atoms with Gasteiger partial charge in [0.15, 0.2) is 0 Å².